The third-order valence-electron chi connectivity index (χ3n) is 1.35. The van der Waals surface area contributed by atoms with Gasteiger partial charge in [-0.15, -0.1) is 0 Å². The summed E-state index contributed by atoms with van der Waals surface area (Å²) in [5.74, 6) is 0.00922. The van der Waals surface area contributed by atoms with E-state index in [9.17, 15) is 4.79 Å². The number of thiol groups is 1. The summed E-state index contributed by atoms with van der Waals surface area (Å²) < 4.78 is 0.804. The first kappa shape index (κ1) is 10.9. The van der Waals surface area contributed by atoms with Crippen molar-refractivity contribution in [2.75, 3.05) is 11.1 Å². The van der Waals surface area contributed by atoms with E-state index in [0.717, 1.165) is 4.47 Å². The molecule has 0 saturated heterocycles. The normalized spacial score (nSPS) is 9.77. The number of hydrogen-bond acceptors (Lipinski definition) is 2. The number of rotatable bonds is 2. The predicted octanol–water partition coefficient (Wildman–Crippen LogP) is 2.97. The second kappa shape index (κ2) is 4.88. The number of carbonyl (C=O) groups excluding carboxylic acids is 1. The molecule has 0 aliphatic heterocycles. The summed E-state index contributed by atoms with van der Waals surface area (Å²) in [6.45, 7) is 0. The van der Waals surface area contributed by atoms with Crippen LogP contribution >= 0.6 is 40.2 Å². The lowest BCUT2D eigenvalue weighted by Crippen LogP contribution is -2.12. The van der Waals surface area contributed by atoms with E-state index in [1.54, 1.807) is 18.2 Å². The van der Waals surface area contributed by atoms with Gasteiger partial charge in [-0.05, 0) is 34.1 Å². The molecule has 0 aliphatic rings. The van der Waals surface area contributed by atoms with Crippen molar-refractivity contribution >= 4 is 51.8 Å². The van der Waals surface area contributed by atoms with Gasteiger partial charge in [-0.3, -0.25) is 4.79 Å². The Morgan fingerprint density at radius 3 is 2.85 bits per heavy atom. The van der Waals surface area contributed by atoms with Crippen LogP contribution in [0, 0.1) is 0 Å². The van der Waals surface area contributed by atoms with Crippen LogP contribution in [-0.4, -0.2) is 11.7 Å². The molecule has 0 aromatic heterocycles. The lowest BCUT2D eigenvalue weighted by atomic mass is 10.3. The van der Waals surface area contributed by atoms with Gasteiger partial charge in [-0.2, -0.15) is 12.6 Å². The first-order valence-corrected chi connectivity index (χ1v) is 5.29. The summed E-state index contributed by atoms with van der Waals surface area (Å²) >= 11 is 12.9. The Hall–Kier alpha value is -0.190. The summed E-state index contributed by atoms with van der Waals surface area (Å²) in [4.78, 5) is 10.9. The molecule has 0 unspecified atom stereocenters. The Morgan fingerprint density at radius 2 is 2.31 bits per heavy atom. The molecule has 2 nitrogen and oxygen atoms in total. The average Bonchev–Trinajstić information content (AvgIpc) is 2.11. The zero-order valence-corrected chi connectivity index (χ0v) is 9.79. The first-order valence-electron chi connectivity index (χ1n) is 3.49. The van der Waals surface area contributed by atoms with Crippen LogP contribution in [-0.2, 0) is 4.79 Å². The lowest BCUT2D eigenvalue weighted by Gasteiger charge is -2.03. The van der Waals surface area contributed by atoms with Crippen molar-refractivity contribution in [3.8, 4) is 0 Å². The van der Waals surface area contributed by atoms with Crippen LogP contribution in [0.15, 0.2) is 22.7 Å². The van der Waals surface area contributed by atoms with Crippen LogP contribution < -0.4 is 5.32 Å². The van der Waals surface area contributed by atoms with E-state index in [-0.39, 0.29) is 11.7 Å². The van der Waals surface area contributed by atoms with Crippen molar-refractivity contribution in [1.82, 2.24) is 0 Å². The highest BCUT2D eigenvalue weighted by Gasteiger charge is 2.01. The van der Waals surface area contributed by atoms with Crippen molar-refractivity contribution in [3.05, 3.63) is 27.7 Å². The highest BCUT2D eigenvalue weighted by molar-refractivity contribution is 9.10. The fourth-order valence-corrected chi connectivity index (χ4v) is 1.28. The predicted molar refractivity (Wildman–Crippen MR) is 61.6 cm³/mol. The molecule has 0 aliphatic carbocycles. The summed E-state index contributed by atoms with van der Waals surface area (Å²) in [6, 6.07) is 5.21. The number of anilines is 1. The average molecular weight is 281 g/mol. The maximum Gasteiger partial charge on any atom is 0.234 e. The monoisotopic (exact) mass is 279 g/mol. The third kappa shape index (κ3) is 3.21. The maximum atomic E-state index is 10.9. The molecule has 0 spiro atoms. The second-order valence-electron chi connectivity index (χ2n) is 2.34. The fourth-order valence-electron chi connectivity index (χ4n) is 0.774. The van der Waals surface area contributed by atoms with Gasteiger partial charge in [0.15, 0.2) is 0 Å². The summed E-state index contributed by atoms with van der Waals surface area (Å²) in [6.07, 6.45) is 0. The van der Waals surface area contributed by atoms with E-state index in [2.05, 4.69) is 33.9 Å². The third-order valence-corrected chi connectivity index (χ3v) is 2.87. The number of halogens is 2. The molecule has 1 aromatic carbocycles. The van der Waals surface area contributed by atoms with E-state index < -0.39 is 0 Å². The van der Waals surface area contributed by atoms with Gasteiger partial charge in [-0.25, -0.2) is 0 Å². The molecule has 0 heterocycles. The first-order chi connectivity index (χ1) is 6.13. The highest BCUT2D eigenvalue weighted by Crippen LogP contribution is 2.25. The number of nitrogens with one attached hydrogen (secondary N) is 1. The van der Waals surface area contributed by atoms with Gasteiger partial charge in [0.05, 0.1) is 10.8 Å². The largest absolute Gasteiger partial charge is 0.325 e. The highest BCUT2D eigenvalue weighted by atomic mass is 79.9. The smallest absolute Gasteiger partial charge is 0.234 e. The zero-order valence-electron chi connectivity index (χ0n) is 6.55. The standard InChI is InChI=1S/C8H7BrClNOS/c9-6-2-1-5(3-7(6)10)11-8(12)4-13/h1-3,13H,4H2,(H,11,12). The van der Waals surface area contributed by atoms with Gasteiger partial charge in [0.1, 0.15) is 0 Å². The summed E-state index contributed by atoms with van der Waals surface area (Å²) in [5, 5.41) is 3.21. The lowest BCUT2D eigenvalue weighted by molar-refractivity contribution is -0.113. The molecule has 1 N–H and O–H groups in total. The van der Waals surface area contributed by atoms with Gasteiger partial charge >= 0.3 is 0 Å². The Balaban J connectivity index is 2.79. The van der Waals surface area contributed by atoms with Gasteiger partial charge < -0.3 is 5.32 Å². The fraction of sp³-hybridized carbons (Fsp3) is 0.125. The summed E-state index contributed by atoms with van der Waals surface area (Å²) in [7, 11) is 0. The molecule has 1 aromatic rings. The van der Waals surface area contributed by atoms with Crippen molar-refractivity contribution in [1.29, 1.82) is 0 Å². The van der Waals surface area contributed by atoms with E-state index in [1.165, 1.54) is 0 Å². The minimum Gasteiger partial charge on any atom is -0.325 e. The Morgan fingerprint density at radius 1 is 1.62 bits per heavy atom. The van der Waals surface area contributed by atoms with Gasteiger partial charge in [0, 0.05) is 10.2 Å². The molecule has 0 saturated carbocycles. The Bertz CT molecular complexity index is 332. The van der Waals surface area contributed by atoms with E-state index in [1.807, 2.05) is 0 Å². The van der Waals surface area contributed by atoms with E-state index >= 15 is 0 Å². The van der Waals surface area contributed by atoms with Crippen LogP contribution in [0.25, 0.3) is 0 Å². The minimum atomic E-state index is -0.151. The van der Waals surface area contributed by atoms with Crippen LogP contribution in [0.3, 0.4) is 0 Å². The minimum absolute atomic E-state index is 0.151. The molecular formula is C8H7BrClNOS. The SMILES string of the molecule is O=C(CS)Nc1ccc(Br)c(Cl)c1. The molecule has 5 heteroatoms. The molecule has 1 rings (SSSR count). The van der Waals surface area contributed by atoms with Crippen LogP contribution in [0.1, 0.15) is 0 Å². The zero-order chi connectivity index (χ0) is 9.84. The molecule has 0 radical (unpaired) electrons. The van der Waals surface area contributed by atoms with Crippen molar-refractivity contribution in [2.45, 2.75) is 0 Å². The number of carbonyl (C=O) groups is 1. The van der Waals surface area contributed by atoms with Gasteiger partial charge in [0.2, 0.25) is 5.91 Å². The molecule has 13 heavy (non-hydrogen) atoms. The van der Waals surface area contributed by atoms with Gasteiger partial charge in [-0.1, -0.05) is 11.6 Å². The second-order valence-corrected chi connectivity index (χ2v) is 3.91. The van der Waals surface area contributed by atoms with Crippen LogP contribution in [0.4, 0.5) is 5.69 Å². The Kier molecular flexibility index (Phi) is 4.09. The van der Waals surface area contributed by atoms with Crippen molar-refractivity contribution < 1.29 is 4.79 Å². The van der Waals surface area contributed by atoms with Crippen molar-refractivity contribution in [2.24, 2.45) is 0 Å². The quantitative estimate of drug-likeness (QED) is 0.801. The van der Waals surface area contributed by atoms with Crippen LogP contribution in [0.2, 0.25) is 5.02 Å². The van der Waals surface area contributed by atoms with Gasteiger partial charge in [0.25, 0.3) is 0 Å². The van der Waals surface area contributed by atoms with Crippen LogP contribution in [0.5, 0.6) is 0 Å². The molecule has 70 valence electrons. The summed E-state index contributed by atoms with van der Waals surface area (Å²) in [5.41, 5.74) is 0.673. The molecule has 0 bridgehead atoms. The molecule has 0 atom stereocenters. The number of benzene rings is 1. The molecule has 0 fully saturated rings. The van der Waals surface area contributed by atoms with Crippen molar-refractivity contribution in [3.63, 3.8) is 0 Å². The molecule has 1 amide bonds. The van der Waals surface area contributed by atoms with E-state index in [4.69, 9.17) is 11.6 Å². The number of amides is 1. The van der Waals surface area contributed by atoms with E-state index in [0.29, 0.717) is 10.7 Å². The maximum absolute atomic E-state index is 10.9. The number of hydrogen-bond donors (Lipinski definition) is 2. The topological polar surface area (TPSA) is 29.1 Å². The molecular weight excluding hydrogens is 274 g/mol. The Labute approximate surface area is 95.2 Å².